The molecule has 1 amide bonds. The van der Waals surface area contributed by atoms with Gasteiger partial charge in [0.25, 0.3) is 5.91 Å². The summed E-state index contributed by atoms with van der Waals surface area (Å²) in [6, 6.07) is 13.7. The van der Waals surface area contributed by atoms with Crippen molar-refractivity contribution in [3.8, 4) is 28.6 Å². The lowest BCUT2D eigenvalue weighted by atomic mass is 10.1. The predicted molar refractivity (Wildman–Crippen MR) is 117 cm³/mol. The van der Waals surface area contributed by atoms with Crippen molar-refractivity contribution in [3.63, 3.8) is 0 Å². The average molecular weight is 460 g/mol. The average Bonchev–Trinajstić information content (AvgIpc) is 3.29. The molecule has 0 aliphatic rings. The van der Waals surface area contributed by atoms with Crippen LogP contribution in [0.4, 0.5) is 0 Å². The van der Waals surface area contributed by atoms with Crippen LogP contribution in [0.5, 0.6) is 17.2 Å². The zero-order valence-corrected chi connectivity index (χ0v) is 18.5. The molecule has 3 aromatic rings. The van der Waals surface area contributed by atoms with Gasteiger partial charge in [0.1, 0.15) is 22.8 Å². The second-order valence-electron chi connectivity index (χ2n) is 6.53. The lowest BCUT2D eigenvalue weighted by molar-refractivity contribution is -0.124. The summed E-state index contributed by atoms with van der Waals surface area (Å²) >= 11 is 5.89. The van der Waals surface area contributed by atoms with E-state index in [1.54, 1.807) is 24.3 Å². The molecular weight excluding hydrogens is 438 g/mol. The summed E-state index contributed by atoms with van der Waals surface area (Å²) in [7, 11) is 4.32. The Morgan fingerprint density at radius 3 is 2.22 bits per heavy atom. The third-order valence-corrected chi connectivity index (χ3v) is 4.76. The van der Waals surface area contributed by atoms with Crippen molar-refractivity contribution in [1.82, 2.24) is 5.32 Å². The number of furan rings is 1. The number of ether oxygens (including phenoxy) is 4. The lowest BCUT2D eigenvalue weighted by Crippen LogP contribution is -2.28. The molecule has 0 bridgehead atoms. The zero-order valence-electron chi connectivity index (χ0n) is 17.8. The van der Waals surface area contributed by atoms with Gasteiger partial charge in [0, 0.05) is 22.7 Å². The van der Waals surface area contributed by atoms with Crippen molar-refractivity contribution in [2.75, 3.05) is 27.9 Å². The molecule has 1 N–H and O–H groups in total. The quantitative estimate of drug-likeness (QED) is 0.481. The Labute approximate surface area is 190 Å². The monoisotopic (exact) mass is 459 g/mol. The lowest BCUT2D eigenvalue weighted by Gasteiger charge is -2.13. The van der Waals surface area contributed by atoms with Crippen LogP contribution >= 0.6 is 11.6 Å². The van der Waals surface area contributed by atoms with E-state index < -0.39 is 18.5 Å². The molecule has 3 rings (SSSR count). The van der Waals surface area contributed by atoms with Crippen LogP contribution in [0.3, 0.4) is 0 Å². The van der Waals surface area contributed by atoms with Gasteiger partial charge in [-0.2, -0.15) is 0 Å². The molecule has 0 spiro atoms. The van der Waals surface area contributed by atoms with Crippen molar-refractivity contribution in [2.24, 2.45) is 0 Å². The first-order valence-electron chi connectivity index (χ1n) is 9.53. The second kappa shape index (κ2) is 10.6. The number of nitrogens with one attached hydrogen (secondary N) is 1. The molecule has 0 radical (unpaired) electrons. The summed E-state index contributed by atoms with van der Waals surface area (Å²) in [6.45, 7) is -0.329. The number of methoxy groups -OCH3 is 3. The predicted octanol–water partition coefficient (Wildman–Crippen LogP) is 4.10. The number of carbonyl (C=O) groups excluding carboxylic acids is 2. The minimum Gasteiger partial charge on any atom is -0.496 e. The summed E-state index contributed by atoms with van der Waals surface area (Å²) in [6.07, 6.45) is 0. The van der Waals surface area contributed by atoms with E-state index in [0.29, 0.717) is 28.0 Å². The Morgan fingerprint density at radius 1 is 0.906 bits per heavy atom. The van der Waals surface area contributed by atoms with Gasteiger partial charge in [0.05, 0.1) is 27.9 Å². The van der Waals surface area contributed by atoms with E-state index in [2.05, 4.69) is 5.32 Å². The molecule has 0 fully saturated rings. The highest BCUT2D eigenvalue weighted by Gasteiger charge is 2.20. The molecule has 2 aromatic carbocycles. The topological polar surface area (TPSA) is 96.2 Å². The van der Waals surface area contributed by atoms with Crippen molar-refractivity contribution < 1.29 is 33.0 Å². The summed E-state index contributed by atoms with van der Waals surface area (Å²) in [4.78, 5) is 24.6. The number of hydrogen-bond acceptors (Lipinski definition) is 7. The van der Waals surface area contributed by atoms with Gasteiger partial charge in [-0.05, 0) is 36.4 Å². The molecule has 8 nitrogen and oxygen atoms in total. The standard InChI is InChI=1S/C23H22ClNO7/c1-28-19-11-21(30-3)20(29-2)10-17(19)23(27)31-13-22(26)25-12-16-8-9-18(32-16)14-4-6-15(24)7-5-14/h4-11H,12-13H2,1-3H3,(H,25,26). The molecule has 0 aliphatic carbocycles. The van der Waals surface area contributed by atoms with E-state index in [9.17, 15) is 9.59 Å². The van der Waals surface area contributed by atoms with Gasteiger partial charge >= 0.3 is 5.97 Å². The largest absolute Gasteiger partial charge is 0.496 e. The smallest absolute Gasteiger partial charge is 0.342 e. The Kier molecular flexibility index (Phi) is 7.62. The van der Waals surface area contributed by atoms with Crippen LogP contribution in [0.2, 0.25) is 5.02 Å². The number of benzene rings is 2. The maximum Gasteiger partial charge on any atom is 0.342 e. The van der Waals surface area contributed by atoms with Gasteiger partial charge in [-0.3, -0.25) is 4.79 Å². The highest BCUT2D eigenvalue weighted by atomic mass is 35.5. The maximum atomic E-state index is 12.4. The number of rotatable bonds is 9. The molecule has 1 heterocycles. The van der Waals surface area contributed by atoms with E-state index in [4.69, 9.17) is 35.0 Å². The molecule has 0 unspecified atom stereocenters. The van der Waals surface area contributed by atoms with Gasteiger partial charge < -0.3 is 28.7 Å². The van der Waals surface area contributed by atoms with Crippen LogP contribution in [0.15, 0.2) is 52.9 Å². The molecule has 1 aromatic heterocycles. The van der Waals surface area contributed by atoms with Crippen molar-refractivity contribution in [2.45, 2.75) is 6.54 Å². The fourth-order valence-electron chi connectivity index (χ4n) is 2.88. The van der Waals surface area contributed by atoms with E-state index in [0.717, 1.165) is 5.56 Å². The fraction of sp³-hybridized carbons (Fsp3) is 0.217. The van der Waals surface area contributed by atoms with Gasteiger partial charge in [-0.15, -0.1) is 0 Å². The van der Waals surface area contributed by atoms with E-state index in [1.165, 1.54) is 33.5 Å². The van der Waals surface area contributed by atoms with E-state index in [1.807, 2.05) is 12.1 Å². The summed E-state index contributed by atoms with van der Waals surface area (Å²) in [5, 5.41) is 3.27. The van der Waals surface area contributed by atoms with Crippen LogP contribution in [0.1, 0.15) is 16.1 Å². The van der Waals surface area contributed by atoms with Gasteiger partial charge in [-0.25, -0.2) is 4.79 Å². The van der Waals surface area contributed by atoms with E-state index in [-0.39, 0.29) is 17.9 Å². The molecule has 168 valence electrons. The Bertz CT molecular complexity index is 1090. The van der Waals surface area contributed by atoms with Crippen molar-refractivity contribution in [1.29, 1.82) is 0 Å². The number of esters is 1. The number of hydrogen-bond donors (Lipinski definition) is 1. The first-order chi connectivity index (χ1) is 15.4. The molecule has 32 heavy (non-hydrogen) atoms. The number of amides is 1. The SMILES string of the molecule is COc1cc(OC)c(C(=O)OCC(=O)NCc2ccc(-c3ccc(Cl)cc3)o2)cc1OC. The first-order valence-corrected chi connectivity index (χ1v) is 9.91. The minimum atomic E-state index is -0.735. The maximum absolute atomic E-state index is 12.4. The fourth-order valence-corrected chi connectivity index (χ4v) is 3.00. The highest BCUT2D eigenvalue weighted by molar-refractivity contribution is 6.30. The Balaban J connectivity index is 1.55. The second-order valence-corrected chi connectivity index (χ2v) is 6.97. The minimum absolute atomic E-state index is 0.108. The highest BCUT2D eigenvalue weighted by Crippen LogP contribution is 2.35. The Morgan fingerprint density at radius 2 is 1.56 bits per heavy atom. The summed E-state index contributed by atoms with van der Waals surface area (Å²) in [5.41, 5.74) is 0.973. The number of halogens is 1. The van der Waals surface area contributed by atoms with Crippen LogP contribution in [-0.2, 0) is 16.1 Å². The number of carbonyl (C=O) groups is 2. The van der Waals surface area contributed by atoms with Crippen LogP contribution < -0.4 is 19.5 Å². The van der Waals surface area contributed by atoms with Crippen molar-refractivity contribution >= 4 is 23.5 Å². The van der Waals surface area contributed by atoms with E-state index >= 15 is 0 Å². The molecule has 0 saturated heterocycles. The third-order valence-electron chi connectivity index (χ3n) is 4.51. The van der Waals surface area contributed by atoms with Gasteiger partial charge in [0.15, 0.2) is 18.1 Å². The Hall–Kier alpha value is -3.65. The van der Waals surface area contributed by atoms with Gasteiger partial charge in [0.2, 0.25) is 0 Å². The molecular formula is C23H22ClNO7. The van der Waals surface area contributed by atoms with Crippen molar-refractivity contribution in [3.05, 3.63) is 64.9 Å². The van der Waals surface area contributed by atoms with Gasteiger partial charge in [-0.1, -0.05) is 11.6 Å². The first kappa shape index (κ1) is 23.0. The molecule has 0 atom stereocenters. The van der Waals surface area contributed by atoms with Crippen LogP contribution in [-0.4, -0.2) is 39.8 Å². The molecule has 0 aliphatic heterocycles. The normalized spacial score (nSPS) is 10.4. The third kappa shape index (κ3) is 5.53. The van der Waals surface area contributed by atoms with Crippen LogP contribution in [0, 0.1) is 0 Å². The molecule has 9 heteroatoms. The van der Waals surface area contributed by atoms with Crippen LogP contribution in [0.25, 0.3) is 11.3 Å². The zero-order chi connectivity index (χ0) is 23.1. The summed E-state index contributed by atoms with van der Waals surface area (Å²) in [5.74, 6) is 0.949. The summed E-state index contributed by atoms with van der Waals surface area (Å²) < 4.78 is 26.4. The molecule has 0 saturated carbocycles.